The van der Waals surface area contributed by atoms with Gasteiger partial charge >= 0.3 is 11.8 Å². The fourth-order valence-electron chi connectivity index (χ4n) is 3.44. The summed E-state index contributed by atoms with van der Waals surface area (Å²) in [7, 11) is 0. The third kappa shape index (κ3) is 4.32. The molecule has 3 N–H and O–H groups in total. The lowest BCUT2D eigenvalue weighted by molar-refractivity contribution is -0.946. The first-order chi connectivity index (χ1) is 12.5. The number of amides is 2. The second-order valence-corrected chi connectivity index (χ2v) is 7.01. The minimum absolute atomic E-state index is 0.0332. The first kappa shape index (κ1) is 18.2. The zero-order valence-electron chi connectivity index (χ0n) is 15.2. The van der Waals surface area contributed by atoms with Crippen molar-refractivity contribution in [3.8, 4) is 0 Å². The van der Waals surface area contributed by atoms with Gasteiger partial charge in [0.15, 0.2) is 11.8 Å². The Morgan fingerprint density at radius 3 is 2.58 bits per heavy atom. The maximum atomic E-state index is 12.1. The summed E-state index contributed by atoms with van der Waals surface area (Å²) in [6.07, 6.45) is 2.64. The number of carbonyl (C=O) groups is 2. The Kier molecular flexibility index (Phi) is 5.73. The van der Waals surface area contributed by atoms with Gasteiger partial charge in [0.1, 0.15) is 6.54 Å². The minimum Gasteiger partial charge on any atom is -0.463 e. The summed E-state index contributed by atoms with van der Waals surface area (Å²) in [6.45, 7) is 5.83. The summed E-state index contributed by atoms with van der Waals surface area (Å²) in [5, 5.41) is 5.38. The smallest absolute Gasteiger partial charge is 0.309 e. The van der Waals surface area contributed by atoms with Crippen molar-refractivity contribution >= 4 is 11.8 Å². The molecule has 0 spiro atoms. The molecule has 3 rings (SSSR count). The van der Waals surface area contributed by atoms with Gasteiger partial charge in [0, 0.05) is 18.0 Å². The van der Waals surface area contributed by atoms with Crippen LogP contribution < -0.4 is 15.5 Å². The Bertz CT molecular complexity index is 755. The molecule has 138 valence electrons. The number of hydrogen-bond donors (Lipinski definition) is 3. The van der Waals surface area contributed by atoms with E-state index in [1.54, 1.807) is 6.26 Å². The average molecular weight is 356 g/mol. The Labute approximate surface area is 153 Å². The highest BCUT2D eigenvalue weighted by Gasteiger charge is 2.31. The highest BCUT2D eigenvalue weighted by molar-refractivity contribution is 6.35. The van der Waals surface area contributed by atoms with E-state index < -0.39 is 11.8 Å². The first-order valence-electron chi connectivity index (χ1n) is 9.08. The summed E-state index contributed by atoms with van der Waals surface area (Å²) in [5.74, 6) is -0.381. The summed E-state index contributed by atoms with van der Waals surface area (Å²) >= 11 is 0. The molecule has 2 amide bonds. The number of rotatable bonds is 5. The normalized spacial score (nSPS) is 17.4. The Balaban J connectivity index is 1.69. The summed E-state index contributed by atoms with van der Waals surface area (Å²) in [4.78, 5) is 25.2. The number of furan rings is 1. The molecule has 0 aliphatic carbocycles. The first-order valence-corrected chi connectivity index (χ1v) is 9.08. The molecule has 0 saturated carbocycles. The summed E-state index contributed by atoms with van der Waals surface area (Å²) in [5.41, 5.74) is 2.71. The topological polar surface area (TPSA) is 75.8 Å². The van der Waals surface area contributed by atoms with Crippen LogP contribution in [0.15, 0.2) is 47.1 Å². The van der Waals surface area contributed by atoms with Crippen LogP contribution in [0.1, 0.15) is 36.8 Å². The Hall–Kier alpha value is -2.60. The van der Waals surface area contributed by atoms with Crippen LogP contribution in [0.5, 0.6) is 0 Å². The van der Waals surface area contributed by atoms with Crippen molar-refractivity contribution in [2.24, 2.45) is 0 Å². The highest BCUT2D eigenvalue weighted by Crippen LogP contribution is 2.15. The maximum absolute atomic E-state index is 12.1. The standard InChI is InChI=1S/C20H25N3O3/c1-14(2)22-20(25)19(24)21-12-17(18-8-5-11-26-18)23-10-9-15-6-3-4-7-16(15)13-23/h3-8,11,14,17H,9-10,12-13H2,1-2H3,(H,21,24)(H,22,25)/p+1/t17-/m1/s1. The number of nitrogens with one attached hydrogen (secondary N) is 3. The van der Waals surface area contributed by atoms with Gasteiger partial charge in [-0.3, -0.25) is 9.59 Å². The van der Waals surface area contributed by atoms with Crippen molar-refractivity contribution < 1.29 is 18.9 Å². The molecule has 0 radical (unpaired) electrons. The second kappa shape index (κ2) is 8.19. The van der Waals surface area contributed by atoms with E-state index >= 15 is 0 Å². The third-order valence-corrected chi connectivity index (χ3v) is 4.72. The van der Waals surface area contributed by atoms with Crippen LogP contribution in [-0.4, -0.2) is 30.9 Å². The van der Waals surface area contributed by atoms with Gasteiger partial charge in [0.2, 0.25) is 0 Å². The molecular formula is C20H26N3O3+. The van der Waals surface area contributed by atoms with Gasteiger partial charge in [-0.15, -0.1) is 0 Å². The fourth-order valence-corrected chi connectivity index (χ4v) is 3.44. The lowest BCUT2D eigenvalue weighted by Gasteiger charge is -2.31. The van der Waals surface area contributed by atoms with Gasteiger partial charge in [0.05, 0.1) is 19.4 Å². The molecule has 6 nitrogen and oxygen atoms in total. The van der Waals surface area contributed by atoms with Gasteiger partial charge in [-0.2, -0.15) is 0 Å². The molecule has 6 heteroatoms. The molecule has 2 aromatic rings. The molecule has 2 heterocycles. The van der Waals surface area contributed by atoms with Crippen LogP contribution >= 0.6 is 0 Å². The van der Waals surface area contributed by atoms with Crippen LogP contribution in [0.2, 0.25) is 0 Å². The lowest BCUT2D eigenvalue weighted by atomic mass is 9.98. The van der Waals surface area contributed by atoms with Gasteiger partial charge < -0.3 is 20.0 Å². The monoisotopic (exact) mass is 356 g/mol. The quantitative estimate of drug-likeness (QED) is 0.687. The molecule has 1 aliphatic heterocycles. The van der Waals surface area contributed by atoms with Gasteiger partial charge in [-0.05, 0) is 31.5 Å². The summed E-state index contributed by atoms with van der Waals surface area (Å²) in [6, 6.07) is 12.1. The molecule has 1 aromatic carbocycles. The molecular weight excluding hydrogens is 330 g/mol. The molecule has 1 unspecified atom stereocenters. The number of fused-ring (bicyclic) bond motifs is 1. The molecule has 0 fully saturated rings. The van der Waals surface area contributed by atoms with Crippen LogP contribution in [0.3, 0.4) is 0 Å². The number of hydrogen-bond acceptors (Lipinski definition) is 3. The van der Waals surface area contributed by atoms with Crippen molar-refractivity contribution in [2.75, 3.05) is 13.1 Å². The van der Waals surface area contributed by atoms with E-state index in [1.807, 2.05) is 26.0 Å². The zero-order valence-corrected chi connectivity index (χ0v) is 15.2. The minimum atomic E-state index is -0.605. The van der Waals surface area contributed by atoms with Crippen LogP contribution in [0.25, 0.3) is 0 Å². The Morgan fingerprint density at radius 1 is 1.12 bits per heavy atom. The van der Waals surface area contributed by atoms with Crippen molar-refractivity contribution in [3.63, 3.8) is 0 Å². The van der Waals surface area contributed by atoms with Crippen LogP contribution in [0.4, 0.5) is 0 Å². The van der Waals surface area contributed by atoms with Gasteiger partial charge in [-0.25, -0.2) is 0 Å². The van der Waals surface area contributed by atoms with E-state index in [9.17, 15) is 9.59 Å². The van der Waals surface area contributed by atoms with E-state index in [4.69, 9.17) is 4.42 Å². The van der Waals surface area contributed by atoms with Crippen LogP contribution in [0, 0.1) is 0 Å². The maximum Gasteiger partial charge on any atom is 0.309 e. The largest absolute Gasteiger partial charge is 0.463 e. The van der Waals surface area contributed by atoms with E-state index in [1.165, 1.54) is 16.0 Å². The predicted octanol–water partition coefficient (Wildman–Crippen LogP) is 0.603. The van der Waals surface area contributed by atoms with Crippen molar-refractivity contribution in [3.05, 3.63) is 59.5 Å². The molecule has 2 atom stereocenters. The van der Waals surface area contributed by atoms with Crippen molar-refractivity contribution in [1.29, 1.82) is 0 Å². The number of carbonyl (C=O) groups excluding carboxylic acids is 2. The fraction of sp³-hybridized carbons (Fsp3) is 0.400. The Morgan fingerprint density at radius 2 is 1.88 bits per heavy atom. The van der Waals surface area contributed by atoms with E-state index in [0.29, 0.717) is 6.54 Å². The molecule has 1 aromatic heterocycles. The molecule has 0 saturated heterocycles. The van der Waals surface area contributed by atoms with Crippen LogP contribution in [-0.2, 0) is 22.6 Å². The van der Waals surface area contributed by atoms with Gasteiger partial charge in [0.25, 0.3) is 0 Å². The average Bonchev–Trinajstić information content (AvgIpc) is 3.15. The lowest BCUT2D eigenvalue weighted by Crippen LogP contribution is -3.12. The molecule has 26 heavy (non-hydrogen) atoms. The van der Waals surface area contributed by atoms with E-state index in [2.05, 4.69) is 34.9 Å². The third-order valence-electron chi connectivity index (χ3n) is 4.72. The van der Waals surface area contributed by atoms with E-state index in [-0.39, 0.29) is 12.1 Å². The number of benzene rings is 1. The van der Waals surface area contributed by atoms with E-state index in [0.717, 1.165) is 25.3 Å². The molecule has 0 bridgehead atoms. The SMILES string of the molecule is CC(C)NC(=O)C(=O)NC[C@H](c1ccco1)[NH+]1CCc2ccccc2C1. The molecule has 1 aliphatic rings. The zero-order chi connectivity index (χ0) is 18.5. The van der Waals surface area contributed by atoms with Crippen molar-refractivity contribution in [1.82, 2.24) is 10.6 Å². The summed E-state index contributed by atoms with van der Waals surface area (Å²) < 4.78 is 5.62. The highest BCUT2D eigenvalue weighted by atomic mass is 16.3. The van der Waals surface area contributed by atoms with Crippen molar-refractivity contribution in [2.45, 2.75) is 38.9 Å². The van der Waals surface area contributed by atoms with Gasteiger partial charge in [-0.1, -0.05) is 24.3 Å². The second-order valence-electron chi connectivity index (χ2n) is 7.01. The number of quaternary nitrogens is 1. The predicted molar refractivity (Wildman–Crippen MR) is 97.4 cm³/mol.